The molecule has 0 aliphatic heterocycles. The molecule has 0 heterocycles. The van der Waals surface area contributed by atoms with Crippen LogP contribution in [-0.2, 0) is 0 Å². The molecule has 1 rings (SSSR count). The van der Waals surface area contributed by atoms with Crippen LogP contribution in [-0.4, -0.2) is 13.2 Å². The van der Waals surface area contributed by atoms with Gasteiger partial charge in [-0.25, -0.2) is 0 Å². The fourth-order valence-electron chi connectivity index (χ4n) is 1.52. The van der Waals surface area contributed by atoms with E-state index in [0.29, 0.717) is 13.2 Å². The molecule has 2 nitrogen and oxygen atoms in total. The number of aryl methyl sites for hydroxylation is 2. The highest BCUT2D eigenvalue weighted by molar-refractivity contribution is 5.45. The van der Waals surface area contributed by atoms with E-state index in [1.807, 2.05) is 32.9 Å². The zero-order valence-corrected chi connectivity index (χ0v) is 9.67. The molecule has 1 aromatic rings. The normalized spacial score (nSPS) is 9.80. The molecule has 0 unspecified atom stereocenters. The molecule has 15 heavy (non-hydrogen) atoms. The van der Waals surface area contributed by atoms with Crippen LogP contribution >= 0.6 is 0 Å². The number of ether oxygens (including phenoxy) is 2. The Morgan fingerprint density at radius 3 is 2.27 bits per heavy atom. The topological polar surface area (TPSA) is 18.5 Å². The van der Waals surface area contributed by atoms with E-state index in [1.54, 1.807) is 6.08 Å². The van der Waals surface area contributed by atoms with Crippen LogP contribution in [0.4, 0.5) is 0 Å². The number of benzene rings is 1. The van der Waals surface area contributed by atoms with Gasteiger partial charge < -0.3 is 9.47 Å². The van der Waals surface area contributed by atoms with Crippen LogP contribution in [0.5, 0.6) is 11.5 Å². The van der Waals surface area contributed by atoms with Crippen LogP contribution < -0.4 is 9.47 Å². The van der Waals surface area contributed by atoms with Gasteiger partial charge in [-0.15, -0.1) is 0 Å². The largest absolute Gasteiger partial charge is 0.493 e. The summed E-state index contributed by atoms with van der Waals surface area (Å²) < 4.78 is 11.0. The molecule has 2 heteroatoms. The summed E-state index contributed by atoms with van der Waals surface area (Å²) in [4.78, 5) is 0. The van der Waals surface area contributed by atoms with Crippen molar-refractivity contribution in [3.63, 3.8) is 0 Å². The van der Waals surface area contributed by atoms with Crippen molar-refractivity contribution >= 4 is 0 Å². The van der Waals surface area contributed by atoms with Gasteiger partial charge in [-0.05, 0) is 44.0 Å². The summed E-state index contributed by atoms with van der Waals surface area (Å²) in [5, 5.41) is 0. The number of hydrogen-bond acceptors (Lipinski definition) is 2. The Labute approximate surface area is 91.5 Å². The van der Waals surface area contributed by atoms with Crippen molar-refractivity contribution in [1.29, 1.82) is 0 Å². The molecule has 1 aromatic carbocycles. The predicted molar refractivity (Wildman–Crippen MR) is 62.8 cm³/mol. The monoisotopic (exact) mass is 206 g/mol. The molecule has 0 radical (unpaired) electrons. The second-order valence-corrected chi connectivity index (χ2v) is 3.42. The van der Waals surface area contributed by atoms with Gasteiger partial charge >= 0.3 is 0 Å². The van der Waals surface area contributed by atoms with E-state index in [0.717, 1.165) is 22.6 Å². The highest BCUT2D eigenvalue weighted by Gasteiger charge is 2.06. The minimum absolute atomic E-state index is 0.535. The summed E-state index contributed by atoms with van der Waals surface area (Å²) >= 11 is 0. The van der Waals surface area contributed by atoms with Gasteiger partial charge in [0.2, 0.25) is 0 Å². The first-order chi connectivity index (χ1) is 7.19. The van der Waals surface area contributed by atoms with Crippen LogP contribution in [0.1, 0.15) is 18.1 Å². The summed E-state index contributed by atoms with van der Waals surface area (Å²) in [5.74, 6) is 1.83. The molecule has 82 valence electrons. The maximum atomic E-state index is 5.55. The lowest BCUT2D eigenvalue weighted by Gasteiger charge is -2.12. The zero-order valence-electron chi connectivity index (χ0n) is 9.67. The van der Waals surface area contributed by atoms with Gasteiger partial charge in [0.25, 0.3) is 0 Å². The van der Waals surface area contributed by atoms with Gasteiger partial charge in [-0.3, -0.25) is 0 Å². The highest BCUT2D eigenvalue weighted by Crippen LogP contribution is 2.28. The van der Waals surface area contributed by atoms with Crippen molar-refractivity contribution in [2.75, 3.05) is 13.2 Å². The minimum atomic E-state index is 0.535. The van der Waals surface area contributed by atoms with Crippen molar-refractivity contribution in [1.82, 2.24) is 0 Å². The average Bonchev–Trinajstić information content (AvgIpc) is 2.20. The summed E-state index contributed by atoms with van der Waals surface area (Å²) in [6, 6.07) is 3.98. The van der Waals surface area contributed by atoms with E-state index in [2.05, 4.69) is 6.58 Å². The lowest BCUT2D eigenvalue weighted by atomic mass is 10.1. The third-order valence-electron chi connectivity index (χ3n) is 2.09. The van der Waals surface area contributed by atoms with Crippen LogP contribution in [0.2, 0.25) is 0 Å². The first-order valence-corrected chi connectivity index (χ1v) is 5.16. The Morgan fingerprint density at radius 2 is 1.80 bits per heavy atom. The van der Waals surface area contributed by atoms with Crippen molar-refractivity contribution < 1.29 is 9.47 Å². The molecule has 0 amide bonds. The molecule has 0 aliphatic rings. The fourth-order valence-corrected chi connectivity index (χ4v) is 1.52. The van der Waals surface area contributed by atoms with E-state index >= 15 is 0 Å². The Balaban J connectivity index is 2.91. The summed E-state index contributed by atoms with van der Waals surface area (Å²) in [6.45, 7) is 10.9. The highest BCUT2D eigenvalue weighted by atomic mass is 16.5. The van der Waals surface area contributed by atoms with E-state index in [9.17, 15) is 0 Å². The van der Waals surface area contributed by atoms with Crippen molar-refractivity contribution in [2.24, 2.45) is 0 Å². The molecule has 0 saturated carbocycles. The summed E-state index contributed by atoms with van der Waals surface area (Å²) in [5.41, 5.74) is 2.21. The Kier molecular flexibility index (Phi) is 4.22. The van der Waals surface area contributed by atoms with Crippen molar-refractivity contribution in [2.45, 2.75) is 20.8 Å². The predicted octanol–water partition coefficient (Wildman–Crippen LogP) is 3.27. The van der Waals surface area contributed by atoms with Crippen LogP contribution in [0, 0.1) is 13.8 Å². The van der Waals surface area contributed by atoms with Gasteiger partial charge in [0, 0.05) is 0 Å². The molecule has 0 N–H and O–H groups in total. The SMILES string of the molecule is C=CCOc1cc(C)c(OCC)c(C)c1. The first kappa shape index (κ1) is 11.6. The molecule has 0 atom stereocenters. The Bertz CT molecular complexity index is 319. The third kappa shape index (κ3) is 3.01. The molecule has 0 bridgehead atoms. The minimum Gasteiger partial charge on any atom is -0.493 e. The average molecular weight is 206 g/mol. The molecule has 0 spiro atoms. The molecule has 0 aromatic heterocycles. The van der Waals surface area contributed by atoms with Crippen molar-refractivity contribution in [3.05, 3.63) is 35.9 Å². The third-order valence-corrected chi connectivity index (χ3v) is 2.09. The lowest BCUT2D eigenvalue weighted by molar-refractivity contribution is 0.331. The van der Waals surface area contributed by atoms with Gasteiger partial charge in [0.1, 0.15) is 18.1 Å². The fraction of sp³-hybridized carbons (Fsp3) is 0.385. The quantitative estimate of drug-likeness (QED) is 0.688. The molecular weight excluding hydrogens is 188 g/mol. The smallest absolute Gasteiger partial charge is 0.125 e. The standard InChI is InChI=1S/C13H18O2/c1-5-7-15-12-8-10(3)13(14-6-2)11(4)9-12/h5,8-9H,1,6-7H2,2-4H3. The molecule has 0 aliphatic carbocycles. The first-order valence-electron chi connectivity index (χ1n) is 5.16. The van der Waals surface area contributed by atoms with E-state index in [1.165, 1.54) is 0 Å². The van der Waals surface area contributed by atoms with E-state index < -0.39 is 0 Å². The molecule has 0 saturated heterocycles. The zero-order chi connectivity index (χ0) is 11.3. The molecular formula is C13H18O2. The van der Waals surface area contributed by atoms with Gasteiger partial charge in [0.15, 0.2) is 0 Å². The second kappa shape index (κ2) is 5.44. The lowest BCUT2D eigenvalue weighted by Crippen LogP contribution is -1.99. The molecule has 0 fully saturated rings. The maximum absolute atomic E-state index is 5.55. The Hall–Kier alpha value is -1.44. The van der Waals surface area contributed by atoms with E-state index in [4.69, 9.17) is 9.47 Å². The van der Waals surface area contributed by atoms with Crippen molar-refractivity contribution in [3.8, 4) is 11.5 Å². The van der Waals surface area contributed by atoms with Gasteiger partial charge in [-0.1, -0.05) is 12.7 Å². The van der Waals surface area contributed by atoms with Crippen LogP contribution in [0.15, 0.2) is 24.8 Å². The van der Waals surface area contributed by atoms with Gasteiger partial charge in [0.05, 0.1) is 6.61 Å². The maximum Gasteiger partial charge on any atom is 0.125 e. The number of hydrogen-bond donors (Lipinski definition) is 0. The second-order valence-electron chi connectivity index (χ2n) is 3.42. The number of rotatable bonds is 5. The summed E-state index contributed by atoms with van der Waals surface area (Å²) in [7, 11) is 0. The Morgan fingerprint density at radius 1 is 1.20 bits per heavy atom. The van der Waals surface area contributed by atoms with Crippen LogP contribution in [0.25, 0.3) is 0 Å². The summed E-state index contributed by atoms with van der Waals surface area (Å²) in [6.07, 6.45) is 1.74. The van der Waals surface area contributed by atoms with E-state index in [-0.39, 0.29) is 0 Å². The van der Waals surface area contributed by atoms with Crippen LogP contribution in [0.3, 0.4) is 0 Å². The van der Waals surface area contributed by atoms with Gasteiger partial charge in [-0.2, -0.15) is 0 Å².